The van der Waals surface area contributed by atoms with Gasteiger partial charge in [0.2, 0.25) is 5.91 Å². The Labute approximate surface area is 101 Å². The van der Waals surface area contributed by atoms with Crippen molar-refractivity contribution in [2.24, 2.45) is 5.92 Å². The van der Waals surface area contributed by atoms with Gasteiger partial charge >= 0.3 is 0 Å². The van der Waals surface area contributed by atoms with E-state index in [9.17, 15) is 9.18 Å². The monoisotopic (exact) mass is 235 g/mol. The molecule has 0 saturated carbocycles. The second-order valence-corrected chi connectivity index (χ2v) is 5.02. The van der Waals surface area contributed by atoms with Gasteiger partial charge in [-0.3, -0.25) is 4.79 Å². The van der Waals surface area contributed by atoms with Gasteiger partial charge in [-0.25, -0.2) is 4.39 Å². The summed E-state index contributed by atoms with van der Waals surface area (Å²) in [5.74, 6) is -0.145. The van der Waals surface area contributed by atoms with Crippen LogP contribution >= 0.6 is 0 Å². The summed E-state index contributed by atoms with van der Waals surface area (Å²) in [6, 6.07) is 4.89. The fourth-order valence-corrected chi connectivity index (χ4v) is 2.33. The number of nitrogens with zero attached hydrogens (tertiary/aromatic N) is 1. The Balaban J connectivity index is 2.43. The van der Waals surface area contributed by atoms with Crippen molar-refractivity contribution in [1.82, 2.24) is 0 Å². The third kappa shape index (κ3) is 2.19. The third-order valence-electron chi connectivity index (χ3n) is 3.30. The molecule has 1 aliphatic heterocycles. The number of carbonyl (C=O) groups excluding carboxylic acids is 1. The molecule has 0 N–H and O–H groups in total. The summed E-state index contributed by atoms with van der Waals surface area (Å²) in [5, 5.41) is 0. The average molecular weight is 235 g/mol. The van der Waals surface area contributed by atoms with Crippen LogP contribution in [-0.2, 0) is 11.2 Å². The first-order chi connectivity index (χ1) is 8.00. The molecule has 1 aromatic carbocycles. The highest BCUT2D eigenvalue weighted by atomic mass is 19.1. The lowest BCUT2D eigenvalue weighted by Crippen LogP contribution is -2.44. The standard InChI is InChI=1S/C14H18FNO/c1-9(2)14(17)16-10(3)4-5-11-8-12(15)6-7-13(11)16/h6-10H,4-5H2,1-3H3. The number of amides is 1. The second kappa shape index (κ2) is 4.47. The van der Waals surface area contributed by atoms with Gasteiger partial charge in [-0.15, -0.1) is 0 Å². The van der Waals surface area contributed by atoms with Gasteiger partial charge in [-0.1, -0.05) is 13.8 Å². The Morgan fingerprint density at radius 2 is 2.18 bits per heavy atom. The Kier molecular flexibility index (Phi) is 3.18. The average Bonchev–Trinajstić information content (AvgIpc) is 2.28. The highest BCUT2D eigenvalue weighted by Crippen LogP contribution is 2.32. The molecular weight excluding hydrogens is 217 g/mol. The maximum atomic E-state index is 13.2. The van der Waals surface area contributed by atoms with Crippen molar-refractivity contribution < 1.29 is 9.18 Å². The lowest BCUT2D eigenvalue weighted by Gasteiger charge is -2.36. The van der Waals surface area contributed by atoms with E-state index in [0.717, 1.165) is 24.1 Å². The van der Waals surface area contributed by atoms with Crippen molar-refractivity contribution >= 4 is 11.6 Å². The molecule has 0 aliphatic carbocycles. The first-order valence-electron chi connectivity index (χ1n) is 6.12. The van der Waals surface area contributed by atoms with Gasteiger partial charge in [-0.05, 0) is 43.5 Å². The molecule has 0 aromatic heterocycles. The van der Waals surface area contributed by atoms with Crippen LogP contribution in [-0.4, -0.2) is 11.9 Å². The maximum Gasteiger partial charge on any atom is 0.229 e. The normalized spacial score (nSPS) is 19.4. The largest absolute Gasteiger partial charge is 0.309 e. The summed E-state index contributed by atoms with van der Waals surface area (Å²) in [5.41, 5.74) is 1.82. The van der Waals surface area contributed by atoms with E-state index in [1.807, 2.05) is 25.7 Å². The van der Waals surface area contributed by atoms with Crippen LogP contribution in [0.5, 0.6) is 0 Å². The van der Waals surface area contributed by atoms with Gasteiger partial charge in [0.25, 0.3) is 0 Å². The minimum absolute atomic E-state index is 0.0338. The molecule has 3 heteroatoms. The van der Waals surface area contributed by atoms with Crippen molar-refractivity contribution in [3.63, 3.8) is 0 Å². The number of rotatable bonds is 1. The van der Waals surface area contributed by atoms with Crippen LogP contribution in [0.2, 0.25) is 0 Å². The number of hydrogen-bond donors (Lipinski definition) is 0. The van der Waals surface area contributed by atoms with E-state index in [2.05, 4.69) is 0 Å². The summed E-state index contributed by atoms with van der Waals surface area (Å²) >= 11 is 0. The lowest BCUT2D eigenvalue weighted by molar-refractivity contribution is -0.121. The van der Waals surface area contributed by atoms with E-state index >= 15 is 0 Å². The van der Waals surface area contributed by atoms with Crippen molar-refractivity contribution in [3.05, 3.63) is 29.6 Å². The molecule has 1 aromatic rings. The number of halogens is 1. The van der Waals surface area contributed by atoms with Gasteiger partial charge in [-0.2, -0.15) is 0 Å². The molecule has 1 unspecified atom stereocenters. The van der Waals surface area contributed by atoms with Gasteiger partial charge in [0.15, 0.2) is 0 Å². The fraction of sp³-hybridized carbons (Fsp3) is 0.500. The number of anilines is 1. The van der Waals surface area contributed by atoms with Crippen molar-refractivity contribution in [2.45, 2.75) is 39.7 Å². The van der Waals surface area contributed by atoms with E-state index < -0.39 is 0 Å². The summed E-state index contributed by atoms with van der Waals surface area (Å²) in [7, 11) is 0. The molecule has 1 aliphatic rings. The lowest BCUT2D eigenvalue weighted by atomic mass is 9.95. The van der Waals surface area contributed by atoms with Crippen LogP contribution in [0, 0.1) is 11.7 Å². The molecule has 2 nitrogen and oxygen atoms in total. The molecule has 1 atom stereocenters. The van der Waals surface area contributed by atoms with Crippen LogP contribution < -0.4 is 4.90 Å². The van der Waals surface area contributed by atoms with Crippen LogP contribution in [0.4, 0.5) is 10.1 Å². The number of fused-ring (bicyclic) bond motifs is 1. The molecular formula is C14H18FNO. The fourth-order valence-electron chi connectivity index (χ4n) is 2.33. The van der Waals surface area contributed by atoms with E-state index in [-0.39, 0.29) is 23.7 Å². The smallest absolute Gasteiger partial charge is 0.229 e. The van der Waals surface area contributed by atoms with Crippen LogP contribution in [0.3, 0.4) is 0 Å². The zero-order valence-electron chi connectivity index (χ0n) is 10.5. The van der Waals surface area contributed by atoms with Gasteiger partial charge in [0, 0.05) is 17.6 Å². The zero-order chi connectivity index (χ0) is 12.6. The van der Waals surface area contributed by atoms with Crippen LogP contribution in [0.25, 0.3) is 0 Å². The predicted octanol–water partition coefficient (Wildman–Crippen LogP) is 3.15. The van der Waals surface area contributed by atoms with Crippen LogP contribution in [0.15, 0.2) is 18.2 Å². The highest BCUT2D eigenvalue weighted by molar-refractivity contribution is 5.96. The third-order valence-corrected chi connectivity index (χ3v) is 3.30. The number of aryl methyl sites for hydroxylation is 1. The molecule has 0 bridgehead atoms. The molecule has 0 radical (unpaired) electrons. The van der Waals surface area contributed by atoms with Crippen molar-refractivity contribution in [1.29, 1.82) is 0 Å². The summed E-state index contributed by atoms with van der Waals surface area (Å²) in [6.45, 7) is 5.84. The topological polar surface area (TPSA) is 20.3 Å². The molecule has 0 saturated heterocycles. The molecule has 0 spiro atoms. The van der Waals surface area contributed by atoms with E-state index in [1.54, 1.807) is 12.1 Å². The van der Waals surface area contributed by atoms with E-state index in [1.165, 1.54) is 6.07 Å². The Bertz CT molecular complexity index is 442. The minimum atomic E-state index is -0.227. The molecule has 2 rings (SSSR count). The van der Waals surface area contributed by atoms with Crippen molar-refractivity contribution in [3.8, 4) is 0 Å². The molecule has 1 amide bonds. The van der Waals surface area contributed by atoms with Crippen LogP contribution in [0.1, 0.15) is 32.8 Å². The summed E-state index contributed by atoms with van der Waals surface area (Å²) in [6.07, 6.45) is 1.74. The van der Waals surface area contributed by atoms with Gasteiger partial charge in [0.05, 0.1) is 0 Å². The molecule has 92 valence electrons. The molecule has 17 heavy (non-hydrogen) atoms. The van der Waals surface area contributed by atoms with Crippen molar-refractivity contribution in [2.75, 3.05) is 4.90 Å². The summed E-state index contributed by atoms with van der Waals surface area (Å²) < 4.78 is 13.2. The van der Waals surface area contributed by atoms with Gasteiger partial charge in [0.1, 0.15) is 5.82 Å². The predicted molar refractivity (Wildman–Crippen MR) is 66.5 cm³/mol. The first-order valence-corrected chi connectivity index (χ1v) is 6.12. The van der Waals surface area contributed by atoms with Gasteiger partial charge < -0.3 is 4.90 Å². The second-order valence-electron chi connectivity index (χ2n) is 5.02. The first kappa shape index (κ1) is 12.1. The number of hydrogen-bond acceptors (Lipinski definition) is 1. The van der Waals surface area contributed by atoms with E-state index in [4.69, 9.17) is 0 Å². The highest BCUT2D eigenvalue weighted by Gasteiger charge is 2.29. The number of carbonyl (C=O) groups is 1. The maximum absolute atomic E-state index is 13.2. The zero-order valence-corrected chi connectivity index (χ0v) is 10.5. The Hall–Kier alpha value is -1.38. The Morgan fingerprint density at radius 1 is 1.47 bits per heavy atom. The quantitative estimate of drug-likeness (QED) is 0.732. The van der Waals surface area contributed by atoms with E-state index in [0.29, 0.717) is 0 Å². The summed E-state index contributed by atoms with van der Waals surface area (Å²) in [4.78, 5) is 14.0. The molecule has 0 fully saturated rings. The number of benzene rings is 1. The Morgan fingerprint density at radius 3 is 2.82 bits per heavy atom. The SMILES string of the molecule is CC(C)C(=O)N1c2ccc(F)cc2CCC1C. The molecule has 1 heterocycles. The minimum Gasteiger partial charge on any atom is -0.309 e.